The topological polar surface area (TPSA) is 0 Å². The Hall–Kier alpha value is -1.56. The standard InChI is InChI=1S/C21H30/c1-9-21(7,8)14-15(2)10-11-16(3)20-13-18(5)17(4)12-19(20)6/h9,12-13H,1-3,10-11,14H2,4-8H3. The fourth-order valence-corrected chi connectivity index (χ4v) is 2.61. The molecular weight excluding hydrogens is 252 g/mol. The van der Waals surface area contributed by atoms with E-state index in [9.17, 15) is 0 Å². The van der Waals surface area contributed by atoms with Gasteiger partial charge in [-0.05, 0) is 73.3 Å². The van der Waals surface area contributed by atoms with Gasteiger partial charge in [0.25, 0.3) is 0 Å². The fraction of sp³-hybridized carbons (Fsp3) is 0.429. The summed E-state index contributed by atoms with van der Waals surface area (Å²) in [6, 6.07) is 4.52. The summed E-state index contributed by atoms with van der Waals surface area (Å²) in [7, 11) is 0. The number of rotatable bonds is 7. The summed E-state index contributed by atoms with van der Waals surface area (Å²) in [6.45, 7) is 23.3. The first-order valence-electron chi connectivity index (χ1n) is 7.72. The monoisotopic (exact) mass is 282 g/mol. The largest absolute Gasteiger partial charge is 0.103 e. The van der Waals surface area contributed by atoms with Crippen LogP contribution in [0.15, 0.2) is 43.5 Å². The molecule has 0 saturated heterocycles. The molecule has 0 amide bonds. The second-order valence-corrected chi connectivity index (χ2v) is 6.97. The lowest BCUT2D eigenvalue weighted by Crippen LogP contribution is -2.07. The van der Waals surface area contributed by atoms with E-state index < -0.39 is 0 Å². The summed E-state index contributed by atoms with van der Waals surface area (Å²) in [5.41, 5.74) is 7.93. The third kappa shape index (κ3) is 5.04. The van der Waals surface area contributed by atoms with Gasteiger partial charge in [-0.15, -0.1) is 6.58 Å². The first-order valence-corrected chi connectivity index (χ1v) is 7.72. The highest BCUT2D eigenvalue weighted by Crippen LogP contribution is 2.30. The predicted molar refractivity (Wildman–Crippen MR) is 96.7 cm³/mol. The Bertz CT molecular complexity index is 556. The molecule has 0 saturated carbocycles. The normalized spacial score (nSPS) is 11.3. The van der Waals surface area contributed by atoms with Crippen molar-refractivity contribution in [3.05, 3.63) is 65.8 Å². The van der Waals surface area contributed by atoms with E-state index in [0.717, 1.165) is 19.3 Å². The zero-order chi connectivity index (χ0) is 16.2. The van der Waals surface area contributed by atoms with Crippen molar-refractivity contribution in [1.82, 2.24) is 0 Å². The second kappa shape index (κ2) is 6.93. The molecule has 0 aromatic heterocycles. The van der Waals surface area contributed by atoms with Crippen LogP contribution in [0.25, 0.3) is 5.57 Å². The fourth-order valence-electron chi connectivity index (χ4n) is 2.61. The average molecular weight is 282 g/mol. The van der Waals surface area contributed by atoms with Gasteiger partial charge in [-0.3, -0.25) is 0 Å². The van der Waals surface area contributed by atoms with E-state index in [1.165, 1.54) is 33.4 Å². The molecule has 1 rings (SSSR count). The maximum atomic E-state index is 4.28. The van der Waals surface area contributed by atoms with Crippen LogP contribution >= 0.6 is 0 Å². The lowest BCUT2D eigenvalue weighted by atomic mass is 9.84. The van der Waals surface area contributed by atoms with Gasteiger partial charge in [-0.1, -0.05) is 50.8 Å². The molecule has 114 valence electrons. The van der Waals surface area contributed by atoms with Gasteiger partial charge in [0.1, 0.15) is 0 Å². The first kappa shape index (κ1) is 17.5. The number of allylic oxidation sites excluding steroid dienone is 3. The quantitative estimate of drug-likeness (QED) is 0.496. The van der Waals surface area contributed by atoms with Gasteiger partial charge >= 0.3 is 0 Å². The van der Waals surface area contributed by atoms with E-state index in [1.807, 2.05) is 6.08 Å². The van der Waals surface area contributed by atoms with Crippen LogP contribution in [0.2, 0.25) is 0 Å². The van der Waals surface area contributed by atoms with Crippen molar-refractivity contribution in [3.8, 4) is 0 Å². The smallest absolute Gasteiger partial charge is 0.0140 e. The molecular formula is C21H30. The summed E-state index contributed by atoms with van der Waals surface area (Å²) >= 11 is 0. The highest BCUT2D eigenvalue weighted by molar-refractivity contribution is 5.67. The molecule has 1 aromatic rings. The average Bonchev–Trinajstić information content (AvgIpc) is 2.39. The van der Waals surface area contributed by atoms with Crippen LogP contribution in [0.5, 0.6) is 0 Å². The molecule has 0 aliphatic rings. The zero-order valence-corrected chi connectivity index (χ0v) is 14.5. The highest BCUT2D eigenvalue weighted by Gasteiger charge is 2.14. The molecule has 0 aliphatic heterocycles. The van der Waals surface area contributed by atoms with Crippen molar-refractivity contribution in [1.29, 1.82) is 0 Å². The van der Waals surface area contributed by atoms with Crippen molar-refractivity contribution < 1.29 is 0 Å². The summed E-state index contributed by atoms with van der Waals surface area (Å²) in [5, 5.41) is 0. The van der Waals surface area contributed by atoms with Gasteiger partial charge in [0.15, 0.2) is 0 Å². The summed E-state index contributed by atoms with van der Waals surface area (Å²) in [6.07, 6.45) is 4.99. The molecule has 0 heterocycles. The molecule has 0 aliphatic carbocycles. The van der Waals surface area contributed by atoms with E-state index in [-0.39, 0.29) is 5.41 Å². The molecule has 0 bridgehead atoms. The third-order valence-corrected chi connectivity index (χ3v) is 4.26. The maximum Gasteiger partial charge on any atom is -0.0140 e. The van der Waals surface area contributed by atoms with Gasteiger partial charge in [-0.25, -0.2) is 0 Å². The van der Waals surface area contributed by atoms with Crippen LogP contribution < -0.4 is 0 Å². The van der Waals surface area contributed by atoms with Crippen molar-refractivity contribution >= 4 is 5.57 Å². The number of hydrogen-bond donors (Lipinski definition) is 0. The van der Waals surface area contributed by atoms with Gasteiger partial charge < -0.3 is 0 Å². The molecule has 0 unspecified atom stereocenters. The summed E-state index contributed by atoms with van der Waals surface area (Å²) in [4.78, 5) is 0. The number of aryl methyl sites for hydroxylation is 3. The van der Waals surface area contributed by atoms with E-state index in [0.29, 0.717) is 0 Å². The molecule has 1 aromatic carbocycles. The number of hydrogen-bond acceptors (Lipinski definition) is 0. The van der Waals surface area contributed by atoms with Crippen LogP contribution in [-0.2, 0) is 0 Å². The maximum absolute atomic E-state index is 4.28. The Morgan fingerprint density at radius 2 is 1.57 bits per heavy atom. The second-order valence-electron chi connectivity index (χ2n) is 6.97. The summed E-state index contributed by atoms with van der Waals surface area (Å²) in [5.74, 6) is 0. The van der Waals surface area contributed by atoms with Crippen LogP contribution in [0, 0.1) is 26.2 Å². The molecule has 0 N–H and O–H groups in total. The summed E-state index contributed by atoms with van der Waals surface area (Å²) < 4.78 is 0. The minimum Gasteiger partial charge on any atom is -0.103 e. The van der Waals surface area contributed by atoms with Crippen LogP contribution in [0.1, 0.15) is 55.4 Å². The van der Waals surface area contributed by atoms with E-state index in [2.05, 4.69) is 66.5 Å². The van der Waals surface area contributed by atoms with Crippen molar-refractivity contribution in [2.45, 2.75) is 53.9 Å². The molecule has 0 spiro atoms. The molecule has 21 heavy (non-hydrogen) atoms. The van der Waals surface area contributed by atoms with E-state index in [1.54, 1.807) is 0 Å². The molecule has 0 radical (unpaired) electrons. The van der Waals surface area contributed by atoms with E-state index in [4.69, 9.17) is 0 Å². The lowest BCUT2D eigenvalue weighted by Gasteiger charge is -2.21. The highest BCUT2D eigenvalue weighted by atomic mass is 14.2. The van der Waals surface area contributed by atoms with Crippen molar-refractivity contribution in [3.63, 3.8) is 0 Å². The van der Waals surface area contributed by atoms with Crippen LogP contribution in [-0.4, -0.2) is 0 Å². The van der Waals surface area contributed by atoms with Gasteiger partial charge in [0, 0.05) is 0 Å². The molecule has 0 fully saturated rings. The van der Waals surface area contributed by atoms with Crippen LogP contribution in [0.3, 0.4) is 0 Å². The Balaban J connectivity index is 2.69. The van der Waals surface area contributed by atoms with Gasteiger partial charge in [0.05, 0.1) is 0 Å². The number of benzene rings is 1. The molecule has 0 nitrogen and oxygen atoms in total. The minimum absolute atomic E-state index is 0.134. The zero-order valence-electron chi connectivity index (χ0n) is 14.5. The van der Waals surface area contributed by atoms with Crippen LogP contribution in [0.4, 0.5) is 0 Å². The SMILES string of the molecule is C=CC(C)(C)CC(=C)CCC(=C)c1cc(C)c(C)cc1C. The first-order chi connectivity index (χ1) is 9.66. The van der Waals surface area contributed by atoms with E-state index >= 15 is 0 Å². The van der Waals surface area contributed by atoms with Gasteiger partial charge in [0.2, 0.25) is 0 Å². The van der Waals surface area contributed by atoms with Crippen molar-refractivity contribution in [2.24, 2.45) is 5.41 Å². The third-order valence-electron chi connectivity index (χ3n) is 4.26. The molecule has 0 atom stereocenters. The Morgan fingerprint density at radius 1 is 1.00 bits per heavy atom. The minimum atomic E-state index is 0.134. The predicted octanol–water partition coefficient (Wildman–Crippen LogP) is 6.56. The Morgan fingerprint density at radius 3 is 2.14 bits per heavy atom. The van der Waals surface area contributed by atoms with Gasteiger partial charge in [-0.2, -0.15) is 0 Å². The lowest BCUT2D eigenvalue weighted by molar-refractivity contribution is 0.470. The molecule has 0 heteroatoms. The van der Waals surface area contributed by atoms with Crippen molar-refractivity contribution in [2.75, 3.05) is 0 Å². The Kier molecular flexibility index (Phi) is 5.78. The Labute approximate surface area is 131 Å².